The van der Waals surface area contributed by atoms with E-state index in [2.05, 4.69) is 10.1 Å². The summed E-state index contributed by atoms with van der Waals surface area (Å²) in [6.07, 6.45) is 0.589. The van der Waals surface area contributed by atoms with Crippen LogP contribution in [-0.2, 0) is 11.2 Å². The Morgan fingerprint density at radius 3 is 2.29 bits per heavy atom. The van der Waals surface area contributed by atoms with Crippen molar-refractivity contribution in [3.05, 3.63) is 59.7 Å². The lowest BCUT2D eigenvalue weighted by Gasteiger charge is -2.08. The average molecular weight is 335 g/mol. The van der Waals surface area contributed by atoms with Crippen molar-refractivity contribution < 1.29 is 23.0 Å². The predicted molar refractivity (Wildman–Crippen MR) is 86.5 cm³/mol. The lowest BCUT2D eigenvalue weighted by Crippen LogP contribution is -2.30. The second-order valence-electron chi connectivity index (χ2n) is 5.22. The fourth-order valence-electron chi connectivity index (χ4n) is 2.02. The van der Waals surface area contributed by atoms with Crippen molar-refractivity contribution in [2.24, 2.45) is 0 Å². The van der Waals surface area contributed by atoms with E-state index in [4.69, 9.17) is 4.74 Å². The van der Waals surface area contributed by atoms with Gasteiger partial charge < -0.3 is 14.8 Å². The first-order valence-corrected chi connectivity index (χ1v) is 7.53. The Morgan fingerprint density at radius 1 is 1.04 bits per heavy atom. The van der Waals surface area contributed by atoms with Crippen LogP contribution in [0.2, 0.25) is 0 Å². The lowest BCUT2D eigenvalue weighted by atomic mass is 10.1. The molecule has 0 aliphatic carbocycles. The van der Waals surface area contributed by atoms with Gasteiger partial charge in [0.25, 0.3) is 5.91 Å². The highest BCUT2D eigenvalue weighted by Gasteiger charge is 2.05. The van der Waals surface area contributed by atoms with Gasteiger partial charge in [0, 0.05) is 6.54 Å². The predicted octanol–water partition coefficient (Wildman–Crippen LogP) is 3.33. The fourth-order valence-corrected chi connectivity index (χ4v) is 2.02. The molecule has 0 fully saturated rings. The Bertz CT molecular complexity index is 642. The molecule has 4 nitrogen and oxygen atoms in total. The molecule has 2 rings (SSSR count). The van der Waals surface area contributed by atoms with E-state index in [1.807, 2.05) is 31.2 Å². The minimum absolute atomic E-state index is 0.0514. The number of amides is 1. The zero-order chi connectivity index (χ0) is 17.4. The average Bonchev–Trinajstić information content (AvgIpc) is 2.55. The number of halogens is 2. The molecule has 0 aliphatic rings. The van der Waals surface area contributed by atoms with Crippen LogP contribution in [-0.4, -0.2) is 25.7 Å². The minimum atomic E-state index is -2.83. The SMILES string of the molecule is Cc1ccc(OCC(=O)NCCc2ccc(OC(F)F)cc2)cc1. The first kappa shape index (κ1) is 17.7. The third-order valence-electron chi connectivity index (χ3n) is 3.28. The van der Waals surface area contributed by atoms with E-state index in [0.29, 0.717) is 18.7 Å². The minimum Gasteiger partial charge on any atom is -0.484 e. The second-order valence-corrected chi connectivity index (χ2v) is 5.22. The molecule has 0 spiro atoms. The molecule has 0 radical (unpaired) electrons. The van der Waals surface area contributed by atoms with Crippen LogP contribution in [0.4, 0.5) is 8.78 Å². The van der Waals surface area contributed by atoms with Crippen molar-refractivity contribution in [1.82, 2.24) is 5.32 Å². The van der Waals surface area contributed by atoms with E-state index in [-0.39, 0.29) is 18.3 Å². The molecule has 0 aliphatic heterocycles. The molecule has 2 aromatic rings. The summed E-state index contributed by atoms with van der Waals surface area (Å²) >= 11 is 0. The monoisotopic (exact) mass is 335 g/mol. The van der Waals surface area contributed by atoms with E-state index in [9.17, 15) is 13.6 Å². The Balaban J connectivity index is 1.67. The molecule has 0 heterocycles. The van der Waals surface area contributed by atoms with Crippen LogP contribution in [0.15, 0.2) is 48.5 Å². The van der Waals surface area contributed by atoms with Crippen molar-refractivity contribution in [3.8, 4) is 11.5 Å². The van der Waals surface area contributed by atoms with Gasteiger partial charge in [-0.05, 0) is 43.2 Å². The molecule has 1 amide bonds. The number of hydrogen-bond donors (Lipinski definition) is 1. The second kappa shape index (κ2) is 8.86. The van der Waals surface area contributed by atoms with Gasteiger partial charge in [0.05, 0.1) is 0 Å². The number of nitrogens with one attached hydrogen (secondary N) is 1. The summed E-state index contributed by atoms with van der Waals surface area (Å²) in [6.45, 7) is -0.471. The molecule has 0 saturated carbocycles. The Kier molecular flexibility index (Phi) is 6.54. The van der Waals surface area contributed by atoms with Crippen LogP contribution in [0.1, 0.15) is 11.1 Å². The fraction of sp³-hybridized carbons (Fsp3) is 0.278. The maximum Gasteiger partial charge on any atom is 0.387 e. The van der Waals surface area contributed by atoms with Crippen LogP contribution in [0.3, 0.4) is 0 Å². The number of aryl methyl sites for hydroxylation is 1. The van der Waals surface area contributed by atoms with Gasteiger partial charge in [-0.25, -0.2) is 0 Å². The molecule has 0 unspecified atom stereocenters. The number of rotatable bonds is 8. The summed E-state index contributed by atoms with van der Waals surface area (Å²) in [6, 6.07) is 13.8. The molecular weight excluding hydrogens is 316 g/mol. The first-order valence-electron chi connectivity index (χ1n) is 7.53. The lowest BCUT2D eigenvalue weighted by molar-refractivity contribution is -0.123. The quantitative estimate of drug-likeness (QED) is 0.805. The van der Waals surface area contributed by atoms with Gasteiger partial charge in [-0.3, -0.25) is 4.79 Å². The molecule has 128 valence electrons. The van der Waals surface area contributed by atoms with Crippen molar-refractivity contribution in [3.63, 3.8) is 0 Å². The van der Waals surface area contributed by atoms with Gasteiger partial charge >= 0.3 is 6.61 Å². The van der Waals surface area contributed by atoms with Crippen LogP contribution in [0.5, 0.6) is 11.5 Å². The summed E-state index contributed by atoms with van der Waals surface area (Å²) < 4.78 is 33.7. The summed E-state index contributed by atoms with van der Waals surface area (Å²) in [4.78, 5) is 11.7. The number of carbonyl (C=O) groups is 1. The van der Waals surface area contributed by atoms with E-state index < -0.39 is 6.61 Å². The number of alkyl halides is 2. The van der Waals surface area contributed by atoms with Crippen molar-refractivity contribution in [2.75, 3.05) is 13.2 Å². The largest absolute Gasteiger partial charge is 0.484 e. The molecule has 6 heteroatoms. The molecule has 0 aromatic heterocycles. The van der Waals surface area contributed by atoms with Gasteiger partial charge in [-0.2, -0.15) is 8.78 Å². The Labute approximate surface area is 139 Å². The van der Waals surface area contributed by atoms with E-state index >= 15 is 0 Å². The third kappa shape index (κ3) is 6.24. The van der Waals surface area contributed by atoms with Crippen molar-refractivity contribution >= 4 is 5.91 Å². The molecule has 0 atom stereocenters. The highest BCUT2D eigenvalue weighted by Crippen LogP contribution is 2.15. The summed E-state index contributed by atoms with van der Waals surface area (Å²) in [5.41, 5.74) is 2.04. The van der Waals surface area contributed by atoms with Gasteiger partial charge in [-0.15, -0.1) is 0 Å². The Morgan fingerprint density at radius 2 is 1.67 bits per heavy atom. The standard InChI is InChI=1S/C18H19F2NO3/c1-13-2-6-15(7-3-13)23-12-17(22)21-11-10-14-4-8-16(9-5-14)24-18(19)20/h2-9,18H,10-12H2,1H3,(H,21,22). The molecule has 2 aromatic carbocycles. The topological polar surface area (TPSA) is 47.6 Å². The van der Waals surface area contributed by atoms with Crippen LogP contribution < -0.4 is 14.8 Å². The van der Waals surface area contributed by atoms with Gasteiger partial charge in [0.2, 0.25) is 0 Å². The van der Waals surface area contributed by atoms with Gasteiger partial charge in [0.1, 0.15) is 11.5 Å². The zero-order valence-corrected chi connectivity index (χ0v) is 13.3. The van der Waals surface area contributed by atoms with Gasteiger partial charge in [-0.1, -0.05) is 29.8 Å². The Hall–Kier alpha value is -2.63. The van der Waals surface area contributed by atoms with Crippen LogP contribution >= 0.6 is 0 Å². The summed E-state index contributed by atoms with van der Waals surface area (Å²) in [7, 11) is 0. The zero-order valence-electron chi connectivity index (χ0n) is 13.3. The van der Waals surface area contributed by atoms with Crippen molar-refractivity contribution in [1.29, 1.82) is 0 Å². The van der Waals surface area contributed by atoms with Crippen molar-refractivity contribution in [2.45, 2.75) is 20.0 Å². The number of carbonyl (C=O) groups excluding carboxylic acids is 1. The third-order valence-corrected chi connectivity index (χ3v) is 3.28. The summed E-state index contributed by atoms with van der Waals surface area (Å²) in [5, 5.41) is 2.74. The maximum atomic E-state index is 12.0. The number of ether oxygens (including phenoxy) is 2. The first-order chi connectivity index (χ1) is 11.5. The normalized spacial score (nSPS) is 10.5. The molecule has 24 heavy (non-hydrogen) atoms. The summed E-state index contributed by atoms with van der Waals surface area (Å²) in [5.74, 6) is 0.544. The van der Waals surface area contributed by atoms with Crippen LogP contribution in [0, 0.1) is 6.92 Å². The highest BCUT2D eigenvalue weighted by atomic mass is 19.3. The molecule has 0 saturated heterocycles. The molecular formula is C18H19F2NO3. The van der Waals surface area contributed by atoms with Gasteiger partial charge in [0.15, 0.2) is 6.61 Å². The van der Waals surface area contributed by atoms with E-state index in [1.54, 1.807) is 12.1 Å². The maximum absolute atomic E-state index is 12.0. The van der Waals surface area contributed by atoms with E-state index in [1.165, 1.54) is 12.1 Å². The van der Waals surface area contributed by atoms with Crippen LogP contribution in [0.25, 0.3) is 0 Å². The number of hydrogen-bond acceptors (Lipinski definition) is 3. The van der Waals surface area contributed by atoms with E-state index in [0.717, 1.165) is 11.1 Å². The molecule has 1 N–H and O–H groups in total. The smallest absolute Gasteiger partial charge is 0.387 e. The highest BCUT2D eigenvalue weighted by molar-refractivity contribution is 5.77. The number of benzene rings is 2. The molecule has 0 bridgehead atoms.